The van der Waals surface area contributed by atoms with Crippen LogP contribution in [0.25, 0.3) is 0 Å². The minimum atomic E-state index is 0.189. The molecule has 2 rings (SSSR count). The lowest BCUT2D eigenvalue weighted by Gasteiger charge is -2.36. The molecule has 90 valence electrons. The van der Waals surface area contributed by atoms with Crippen molar-refractivity contribution in [3.8, 4) is 0 Å². The summed E-state index contributed by atoms with van der Waals surface area (Å²) in [5, 5.41) is 0. The van der Waals surface area contributed by atoms with Crippen LogP contribution in [0.4, 0.5) is 0 Å². The van der Waals surface area contributed by atoms with Crippen molar-refractivity contribution in [2.24, 2.45) is 17.1 Å². The van der Waals surface area contributed by atoms with Gasteiger partial charge in [0, 0.05) is 10.9 Å². The van der Waals surface area contributed by atoms with E-state index in [2.05, 4.69) is 19.9 Å². The fourth-order valence-corrected chi connectivity index (χ4v) is 3.68. The number of hydrogen-bond acceptors (Lipinski definition) is 2. The van der Waals surface area contributed by atoms with Crippen molar-refractivity contribution in [1.82, 2.24) is 0 Å². The first-order valence-electron chi connectivity index (χ1n) is 5.99. The summed E-state index contributed by atoms with van der Waals surface area (Å²) in [7, 11) is 0. The normalized spacial score (nSPS) is 23.2. The molecule has 0 amide bonds. The molecule has 1 heterocycles. The summed E-state index contributed by atoms with van der Waals surface area (Å²) in [6, 6.07) is 4.22. The van der Waals surface area contributed by atoms with Gasteiger partial charge in [-0.1, -0.05) is 25.4 Å². The molecule has 2 N–H and O–H groups in total. The molecule has 1 saturated carbocycles. The van der Waals surface area contributed by atoms with Crippen LogP contribution in [-0.4, -0.2) is 0 Å². The van der Waals surface area contributed by atoms with Gasteiger partial charge in [0.15, 0.2) is 0 Å². The van der Waals surface area contributed by atoms with Gasteiger partial charge in [-0.2, -0.15) is 0 Å². The van der Waals surface area contributed by atoms with E-state index in [0.717, 1.165) is 4.34 Å². The Balaban J connectivity index is 1.99. The second-order valence-electron chi connectivity index (χ2n) is 5.67. The van der Waals surface area contributed by atoms with Crippen LogP contribution < -0.4 is 5.73 Å². The Morgan fingerprint density at radius 3 is 2.50 bits per heavy atom. The molecule has 16 heavy (non-hydrogen) atoms. The number of thiophene rings is 1. The van der Waals surface area contributed by atoms with Gasteiger partial charge in [0.05, 0.1) is 4.34 Å². The minimum Gasteiger partial charge on any atom is -0.323 e. The predicted molar refractivity (Wildman–Crippen MR) is 72.0 cm³/mol. The molecule has 1 unspecified atom stereocenters. The van der Waals surface area contributed by atoms with Gasteiger partial charge in [-0.25, -0.2) is 0 Å². The molecular formula is C13H20ClNS. The zero-order valence-electron chi connectivity index (χ0n) is 10.0. The van der Waals surface area contributed by atoms with Gasteiger partial charge >= 0.3 is 0 Å². The van der Waals surface area contributed by atoms with Crippen molar-refractivity contribution >= 4 is 22.9 Å². The average Bonchev–Trinajstić information content (AvgIpc) is 2.64. The molecule has 1 aromatic rings. The minimum absolute atomic E-state index is 0.189. The van der Waals surface area contributed by atoms with Crippen LogP contribution in [0.3, 0.4) is 0 Å². The van der Waals surface area contributed by atoms with E-state index in [0.29, 0.717) is 11.3 Å². The van der Waals surface area contributed by atoms with E-state index in [-0.39, 0.29) is 6.04 Å². The molecule has 0 aliphatic heterocycles. The first-order chi connectivity index (χ1) is 7.48. The van der Waals surface area contributed by atoms with Crippen LogP contribution in [0.2, 0.25) is 4.34 Å². The number of hydrogen-bond donors (Lipinski definition) is 1. The molecule has 1 aromatic heterocycles. The highest BCUT2D eigenvalue weighted by molar-refractivity contribution is 7.16. The van der Waals surface area contributed by atoms with Gasteiger partial charge in [-0.15, -0.1) is 11.3 Å². The molecule has 0 bridgehead atoms. The molecule has 1 aliphatic rings. The van der Waals surface area contributed by atoms with Crippen molar-refractivity contribution in [2.45, 2.75) is 45.6 Å². The summed E-state index contributed by atoms with van der Waals surface area (Å²) < 4.78 is 0.849. The highest BCUT2D eigenvalue weighted by Gasteiger charge is 2.30. The maximum absolute atomic E-state index is 6.32. The van der Waals surface area contributed by atoms with E-state index < -0.39 is 0 Å². The fraction of sp³-hybridized carbons (Fsp3) is 0.692. The van der Waals surface area contributed by atoms with Gasteiger partial charge < -0.3 is 5.73 Å². The van der Waals surface area contributed by atoms with Crippen LogP contribution in [0.15, 0.2) is 12.1 Å². The van der Waals surface area contributed by atoms with Crippen molar-refractivity contribution < 1.29 is 0 Å². The van der Waals surface area contributed by atoms with E-state index in [4.69, 9.17) is 17.3 Å². The second kappa shape index (κ2) is 4.67. The monoisotopic (exact) mass is 257 g/mol. The highest BCUT2D eigenvalue weighted by Crippen LogP contribution is 2.43. The van der Waals surface area contributed by atoms with Crippen molar-refractivity contribution in [3.05, 3.63) is 21.3 Å². The lowest BCUT2D eigenvalue weighted by atomic mass is 9.71. The van der Waals surface area contributed by atoms with Gasteiger partial charge in [0.2, 0.25) is 0 Å². The standard InChI is InChI=1S/C13H20ClNS/c1-13(2)7-5-9(6-8-13)12(15)10-3-4-11(14)16-10/h3-4,9,12H,5-8,15H2,1-2H3. The molecule has 0 spiro atoms. The number of rotatable bonds is 2. The Bertz CT molecular complexity index is 349. The number of nitrogens with two attached hydrogens (primary N) is 1. The molecule has 3 heteroatoms. The third-order valence-electron chi connectivity index (χ3n) is 3.81. The third-order valence-corrected chi connectivity index (χ3v) is 5.15. The lowest BCUT2D eigenvalue weighted by Crippen LogP contribution is -2.28. The van der Waals surface area contributed by atoms with Crippen LogP contribution in [-0.2, 0) is 0 Å². The molecule has 0 radical (unpaired) electrons. The smallest absolute Gasteiger partial charge is 0.0931 e. The van der Waals surface area contributed by atoms with Crippen LogP contribution in [0, 0.1) is 11.3 Å². The van der Waals surface area contributed by atoms with Crippen molar-refractivity contribution in [2.75, 3.05) is 0 Å². The largest absolute Gasteiger partial charge is 0.323 e. The van der Waals surface area contributed by atoms with Crippen LogP contribution in [0.1, 0.15) is 50.4 Å². The average molecular weight is 258 g/mol. The first-order valence-corrected chi connectivity index (χ1v) is 7.18. The van der Waals surface area contributed by atoms with E-state index >= 15 is 0 Å². The summed E-state index contributed by atoms with van der Waals surface area (Å²) in [5.74, 6) is 0.641. The SMILES string of the molecule is CC1(C)CCC(C(N)c2ccc(Cl)s2)CC1. The Morgan fingerprint density at radius 1 is 1.38 bits per heavy atom. The van der Waals surface area contributed by atoms with Gasteiger partial charge in [-0.05, 0) is 49.1 Å². The van der Waals surface area contributed by atoms with Gasteiger partial charge in [0.25, 0.3) is 0 Å². The van der Waals surface area contributed by atoms with Crippen LogP contribution in [0.5, 0.6) is 0 Å². The summed E-state index contributed by atoms with van der Waals surface area (Å²) in [4.78, 5) is 1.25. The summed E-state index contributed by atoms with van der Waals surface area (Å²) in [6.07, 6.45) is 5.10. The molecule has 0 saturated heterocycles. The highest BCUT2D eigenvalue weighted by atomic mass is 35.5. The number of halogens is 1. The van der Waals surface area contributed by atoms with Gasteiger partial charge in [-0.3, -0.25) is 0 Å². The Hall–Kier alpha value is -0.0500. The lowest BCUT2D eigenvalue weighted by molar-refractivity contribution is 0.174. The Morgan fingerprint density at radius 2 is 2.00 bits per heavy atom. The molecular weight excluding hydrogens is 238 g/mol. The summed E-state index contributed by atoms with van der Waals surface area (Å²) in [5.41, 5.74) is 6.84. The van der Waals surface area contributed by atoms with E-state index in [1.54, 1.807) is 11.3 Å². The van der Waals surface area contributed by atoms with E-state index in [9.17, 15) is 0 Å². The maximum Gasteiger partial charge on any atom is 0.0931 e. The predicted octanol–water partition coefficient (Wildman–Crippen LogP) is 4.62. The van der Waals surface area contributed by atoms with E-state index in [1.165, 1.54) is 30.6 Å². The quantitative estimate of drug-likeness (QED) is 0.822. The molecule has 1 aliphatic carbocycles. The Kier molecular flexibility index (Phi) is 3.62. The zero-order valence-corrected chi connectivity index (χ0v) is 11.6. The Labute approximate surface area is 107 Å². The molecule has 1 atom stereocenters. The maximum atomic E-state index is 6.32. The van der Waals surface area contributed by atoms with Crippen LogP contribution >= 0.6 is 22.9 Å². The van der Waals surface area contributed by atoms with Gasteiger partial charge in [0.1, 0.15) is 0 Å². The summed E-state index contributed by atoms with van der Waals surface area (Å²) in [6.45, 7) is 4.72. The zero-order chi connectivity index (χ0) is 11.8. The summed E-state index contributed by atoms with van der Waals surface area (Å²) >= 11 is 7.58. The molecule has 1 nitrogen and oxygen atoms in total. The second-order valence-corrected chi connectivity index (χ2v) is 7.42. The van der Waals surface area contributed by atoms with E-state index in [1.807, 2.05) is 6.07 Å². The fourth-order valence-electron chi connectivity index (χ4n) is 2.52. The third kappa shape index (κ3) is 2.79. The topological polar surface area (TPSA) is 26.0 Å². The van der Waals surface area contributed by atoms with Crippen molar-refractivity contribution in [1.29, 1.82) is 0 Å². The molecule has 0 aromatic carbocycles. The first kappa shape index (κ1) is 12.4. The van der Waals surface area contributed by atoms with Crippen molar-refractivity contribution in [3.63, 3.8) is 0 Å². The molecule has 1 fully saturated rings.